The Morgan fingerprint density at radius 3 is 1.05 bits per heavy atom. The summed E-state index contributed by atoms with van der Waals surface area (Å²) in [5, 5.41) is 0. The number of halogens is 6. The molecule has 0 N–H and O–H groups in total. The molecule has 0 heterocycles. The van der Waals surface area contributed by atoms with Crippen LogP contribution in [-0.2, 0) is 0 Å². The molecule has 2 rings (SSSR count). The van der Waals surface area contributed by atoms with Crippen LogP contribution in [0, 0.1) is 0 Å². The second-order valence-corrected chi connectivity index (χ2v) is 10.5. The van der Waals surface area contributed by atoms with E-state index in [1.807, 2.05) is 0 Å². The molecule has 0 spiro atoms. The van der Waals surface area contributed by atoms with E-state index in [-0.39, 0.29) is 0 Å². The molecule has 0 aliphatic rings. The van der Waals surface area contributed by atoms with Crippen LogP contribution in [0.5, 0.6) is 0 Å². The minimum atomic E-state index is -10.7. The van der Waals surface area contributed by atoms with Crippen LogP contribution in [-0.4, -0.2) is 23.2 Å². The van der Waals surface area contributed by atoms with Crippen molar-refractivity contribution in [2.24, 2.45) is 0 Å². The normalized spacial score (nSPS) is 14.5. The fourth-order valence-corrected chi connectivity index (χ4v) is 4.81. The van der Waals surface area contributed by atoms with Crippen LogP contribution in [0.2, 0.25) is 0 Å². The molecule has 20 heavy (non-hydrogen) atoms. The van der Waals surface area contributed by atoms with Gasteiger partial charge in [0.2, 0.25) is 0 Å². The molecule has 110 valence electrons. The first kappa shape index (κ1) is 17.4. The standard InChI is InChI=1S/2C6H5.Bi.F6P/c2*1-2-4-6-5-3-1;;1-7(2,3,4,5)6/h2*1-5H;;/q;;+1;-1. The second-order valence-electron chi connectivity index (χ2n) is 3.74. The Bertz CT molecular complexity index is 489. The molecule has 0 atom stereocenters. The SMILES string of the molecule is F[P-](F)(F)(F)(F)F.c1cc[c]([Bi+][c]2ccccc2)cc1. The van der Waals surface area contributed by atoms with Gasteiger partial charge in [0.25, 0.3) is 0 Å². The molecule has 0 bridgehead atoms. The summed E-state index contributed by atoms with van der Waals surface area (Å²) in [4.78, 5) is 0. The fraction of sp³-hybridized carbons (Fsp3) is 0. The van der Waals surface area contributed by atoms with Crippen molar-refractivity contribution >= 4 is 37.6 Å². The van der Waals surface area contributed by atoms with Gasteiger partial charge in [0.15, 0.2) is 0 Å². The van der Waals surface area contributed by atoms with Gasteiger partial charge in [-0.15, -0.1) is 0 Å². The van der Waals surface area contributed by atoms with Gasteiger partial charge in [-0.1, -0.05) is 0 Å². The van der Waals surface area contributed by atoms with Crippen molar-refractivity contribution in [1.29, 1.82) is 0 Å². The van der Waals surface area contributed by atoms with Crippen LogP contribution in [0.1, 0.15) is 0 Å². The predicted molar refractivity (Wildman–Crippen MR) is 71.5 cm³/mol. The number of hydrogen-bond acceptors (Lipinski definition) is 0. The topological polar surface area (TPSA) is 0 Å². The zero-order chi connectivity index (χ0) is 15.3. The first-order valence-electron chi connectivity index (χ1n) is 5.28. The van der Waals surface area contributed by atoms with E-state index in [0.29, 0.717) is 0 Å². The number of benzene rings is 2. The van der Waals surface area contributed by atoms with E-state index in [1.165, 1.54) is 0 Å². The molecule has 2 aromatic carbocycles. The quantitative estimate of drug-likeness (QED) is 0.313. The molecule has 0 aromatic heterocycles. The summed E-state index contributed by atoms with van der Waals surface area (Å²) in [6, 6.07) is 21.6. The van der Waals surface area contributed by atoms with Crippen molar-refractivity contribution in [3.8, 4) is 0 Å². The molecule has 0 nitrogen and oxygen atoms in total. The zero-order valence-electron chi connectivity index (χ0n) is 9.94. The Labute approximate surface area is 123 Å². The molecule has 8 heteroatoms. The summed E-state index contributed by atoms with van der Waals surface area (Å²) >= 11 is -0.613. The molecule has 0 amide bonds. The summed E-state index contributed by atoms with van der Waals surface area (Å²) in [7, 11) is -10.7. The van der Waals surface area contributed by atoms with E-state index in [0.717, 1.165) is 0 Å². The summed E-state index contributed by atoms with van der Waals surface area (Å²) < 4.78 is 62.3. The molecule has 0 saturated carbocycles. The molecule has 0 aliphatic heterocycles. The minimum absolute atomic E-state index is 0.613. The Hall–Kier alpha value is -0.667. The molecular weight excluding hydrogens is 498 g/mol. The van der Waals surface area contributed by atoms with Gasteiger partial charge in [-0.2, -0.15) is 0 Å². The predicted octanol–water partition coefficient (Wildman–Crippen LogP) is 4.72. The third-order valence-corrected chi connectivity index (χ3v) is 6.10. The summed E-state index contributed by atoms with van der Waals surface area (Å²) in [6.07, 6.45) is 0. The molecule has 2 aromatic rings. The van der Waals surface area contributed by atoms with Gasteiger partial charge in [-0.3, -0.25) is 0 Å². The van der Waals surface area contributed by atoms with Crippen molar-refractivity contribution in [3.63, 3.8) is 0 Å². The van der Waals surface area contributed by atoms with E-state index in [1.54, 1.807) is 6.54 Å². The van der Waals surface area contributed by atoms with Gasteiger partial charge in [0, 0.05) is 0 Å². The van der Waals surface area contributed by atoms with Crippen molar-refractivity contribution < 1.29 is 25.2 Å². The third kappa shape index (κ3) is 12.4. The van der Waals surface area contributed by atoms with Crippen LogP contribution in [0.25, 0.3) is 0 Å². The van der Waals surface area contributed by atoms with Crippen LogP contribution in [0.3, 0.4) is 0 Å². The van der Waals surface area contributed by atoms with Gasteiger partial charge in [0.1, 0.15) is 0 Å². The number of rotatable bonds is 2. The molecule has 0 unspecified atom stereocenters. The van der Waals surface area contributed by atoms with E-state index in [2.05, 4.69) is 60.7 Å². The first-order valence-corrected chi connectivity index (χ1v) is 10.8. The van der Waals surface area contributed by atoms with E-state index in [9.17, 15) is 25.2 Å². The first-order chi connectivity index (χ1) is 8.90. The van der Waals surface area contributed by atoms with Crippen LogP contribution < -0.4 is 6.54 Å². The van der Waals surface area contributed by atoms with Gasteiger partial charge in [-0.25, -0.2) is 0 Å². The van der Waals surface area contributed by atoms with E-state index < -0.39 is 31.0 Å². The molecule has 0 aliphatic carbocycles. The maximum atomic E-state index is 9.87. The van der Waals surface area contributed by atoms with Gasteiger partial charge in [0.05, 0.1) is 0 Å². The Kier molecular flexibility index (Phi) is 4.88. The second kappa shape index (κ2) is 5.61. The summed E-state index contributed by atoms with van der Waals surface area (Å²) in [5.74, 6) is 0. The third-order valence-electron chi connectivity index (χ3n) is 1.77. The van der Waals surface area contributed by atoms with Crippen molar-refractivity contribution in [3.05, 3.63) is 60.7 Å². The van der Waals surface area contributed by atoms with Crippen LogP contribution in [0.4, 0.5) is 25.2 Å². The number of hydrogen-bond donors (Lipinski definition) is 0. The molecular formula is C12H10BiF6P. The van der Waals surface area contributed by atoms with Crippen molar-refractivity contribution in [2.75, 3.05) is 0 Å². The van der Waals surface area contributed by atoms with Gasteiger partial charge < -0.3 is 0 Å². The average Bonchev–Trinajstić information content (AvgIpc) is 2.27. The van der Waals surface area contributed by atoms with Crippen molar-refractivity contribution in [1.82, 2.24) is 0 Å². The monoisotopic (exact) mass is 508 g/mol. The maximum absolute atomic E-state index is 10.7. The molecule has 2 radical (unpaired) electrons. The van der Waals surface area contributed by atoms with Crippen LogP contribution >= 0.6 is 7.81 Å². The Morgan fingerprint density at radius 2 is 0.800 bits per heavy atom. The van der Waals surface area contributed by atoms with Gasteiger partial charge in [-0.05, 0) is 0 Å². The zero-order valence-corrected chi connectivity index (χ0v) is 14.3. The van der Waals surface area contributed by atoms with Gasteiger partial charge >= 0.3 is 123 Å². The molecule has 0 saturated heterocycles. The van der Waals surface area contributed by atoms with E-state index >= 15 is 0 Å². The summed E-state index contributed by atoms with van der Waals surface area (Å²) in [5.41, 5.74) is 0. The molecule has 0 fully saturated rings. The average molecular weight is 508 g/mol. The summed E-state index contributed by atoms with van der Waals surface area (Å²) in [6.45, 7) is 0. The Morgan fingerprint density at radius 1 is 0.550 bits per heavy atom. The van der Waals surface area contributed by atoms with Crippen molar-refractivity contribution in [2.45, 2.75) is 0 Å². The fourth-order valence-electron chi connectivity index (χ4n) is 1.15. The van der Waals surface area contributed by atoms with Crippen LogP contribution in [0.15, 0.2) is 60.7 Å². The Balaban J connectivity index is 0.000000246. The van der Waals surface area contributed by atoms with E-state index in [4.69, 9.17) is 0 Å².